The van der Waals surface area contributed by atoms with E-state index in [1.165, 1.54) is 57.1 Å². The molecule has 0 aromatic heterocycles. The lowest BCUT2D eigenvalue weighted by Crippen LogP contribution is -2.17. The normalized spacial score (nSPS) is 29.5. The van der Waals surface area contributed by atoms with Crippen LogP contribution in [-0.4, -0.2) is 6.54 Å². The molecular weight excluding hydrogens is 278 g/mol. The fraction of sp³-hybridized carbons (Fsp3) is 0.455. The molecular formula is C22H31N. The third-order valence-corrected chi connectivity index (χ3v) is 4.55. The molecule has 1 heteroatoms. The van der Waals surface area contributed by atoms with Gasteiger partial charge in [0.25, 0.3) is 0 Å². The molecule has 2 rings (SSSR count). The van der Waals surface area contributed by atoms with Crippen LogP contribution in [0.15, 0.2) is 72.5 Å². The van der Waals surface area contributed by atoms with Crippen LogP contribution in [0, 0.1) is 5.92 Å². The lowest BCUT2D eigenvalue weighted by Gasteiger charge is -2.20. The zero-order valence-corrected chi connectivity index (χ0v) is 14.3. The van der Waals surface area contributed by atoms with E-state index < -0.39 is 0 Å². The lowest BCUT2D eigenvalue weighted by molar-refractivity contribution is 0.357. The van der Waals surface area contributed by atoms with Gasteiger partial charge in [-0.3, -0.25) is 0 Å². The van der Waals surface area contributed by atoms with E-state index in [-0.39, 0.29) is 0 Å². The van der Waals surface area contributed by atoms with Crippen LogP contribution in [0.25, 0.3) is 0 Å². The van der Waals surface area contributed by atoms with E-state index >= 15 is 0 Å². The molecule has 0 aromatic carbocycles. The summed E-state index contributed by atoms with van der Waals surface area (Å²) < 4.78 is 0. The highest BCUT2D eigenvalue weighted by molar-refractivity contribution is 5.28. The van der Waals surface area contributed by atoms with Crippen molar-refractivity contribution in [3.8, 4) is 0 Å². The molecule has 0 saturated heterocycles. The van der Waals surface area contributed by atoms with Crippen molar-refractivity contribution in [1.82, 2.24) is 5.32 Å². The number of hydrogen-bond donors (Lipinski definition) is 1. The van der Waals surface area contributed by atoms with E-state index in [4.69, 9.17) is 0 Å². The first kappa shape index (κ1) is 17.6. The fourth-order valence-corrected chi connectivity index (χ4v) is 3.19. The Morgan fingerprint density at radius 1 is 0.696 bits per heavy atom. The van der Waals surface area contributed by atoms with Gasteiger partial charge < -0.3 is 5.32 Å². The van der Waals surface area contributed by atoms with Crippen molar-refractivity contribution in [1.29, 1.82) is 0 Å². The number of hydrogen-bond acceptors (Lipinski definition) is 1. The lowest BCUT2D eigenvalue weighted by atomic mass is 9.89. The summed E-state index contributed by atoms with van der Waals surface area (Å²) >= 11 is 0. The van der Waals surface area contributed by atoms with Crippen LogP contribution < -0.4 is 5.32 Å². The molecule has 2 aliphatic rings. The summed E-state index contributed by atoms with van der Waals surface area (Å²) in [6.45, 7) is 1.08. The van der Waals surface area contributed by atoms with Gasteiger partial charge in [0, 0.05) is 12.2 Å². The SMILES string of the molecule is C1=C\C=C/C=C\C(NCCC2CCCCCCC2)=C/C=C\C=C/1. The first-order valence-corrected chi connectivity index (χ1v) is 9.24. The average molecular weight is 309 g/mol. The van der Waals surface area contributed by atoms with Crippen LogP contribution >= 0.6 is 0 Å². The van der Waals surface area contributed by atoms with Gasteiger partial charge in [0.1, 0.15) is 0 Å². The smallest absolute Gasteiger partial charge is 0.0340 e. The third-order valence-electron chi connectivity index (χ3n) is 4.55. The molecule has 1 fully saturated rings. The molecule has 0 spiro atoms. The highest BCUT2D eigenvalue weighted by Crippen LogP contribution is 2.24. The van der Waals surface area contributed by atoms with Gasteiger partial charge in [0.05, 0.1) is 0 Å². The molecule has 2 aliphatic carbocycles. The topological polar surface area (TPSA) is 12.0 Å². The Labute approximate surface area is 142 Å². The van der Waals surface area contributed by atoms with Crippen LogP contribution in [0.5, 0.6) is 0 Å². The molecule has 0 aromatic rings. The third kappa shape index (κ3) is 8.44. The molecule has 0 atom stereocenters. The highest BCUT2D eigenvalue weighted by Gasteiger charge is 2.10. The molecule has 0 unspecified atom stereocenters. The fourth-order valence-electron chi connectivity index (χ4n) is 3.19. The van der Waals surface area contributed by atoms with E-state index in [1.807, 2.05) is 18.2 Å². The van der Waals surface area contributed by atoms with Crippen LogP contribution in [0.3, 0.4) is 0 Å². The van der Waals surface area contributed by atoms with E-state index in [1.54, 1.807) is 0 Å². The summed E-state index contributed by atoms with van der Waals surface area (Å²) in [5.41, 5.74) is 1.19. The van der Waals surface area contributed by atoms with E-state index in [9.17, 15) is 0 Å². The zero-order valence-electron chi connectivity index (χ0n) is 14.3. The van der Waals surface area contributed by atoms with E-state index in [2.05, 4.69) is 53.9 Å². The van der Waals surface area contributed by atoms with E-state index in [0.29, 0.717) is 0 Å². The van der Waals surface area contributed by atoms with Crippen LogP contribution in [-0.2, 0) is 0 Å². The second kappa shape index (κ2) is 11.8. The van der Waals surface area contributed by atoms with Crippen LogP contribution in [0.2, 0.25) is 0 Å². The maximum atomic E-state index is 3.60. The number of allylic oxidation sites excluding steroid dienone is 11. The largest absolute Gasteiger partial charge is 0.385 e. The molecule has 1 saturated carbocycles. The van der Waals surface area contributed by atoms with Gasteiger partial charge in [-0.1, -0.05) is 99.6 Å². The zero-order chi connectivity index (χ0) is 16.0. The Kier molecular flexibility index (Phi) is 9.00. The van der Waals surface area contributed by atoms with Crippen molar-refractivity contribution in [2.24, 2.45) is 5.92 Å². The quantitative estimate of drug-likeness (QED) is 0.671. The molecule has 1 N–H and O–H groups in total. The first-order valence-electron chi connectivity index (χ1n) is 9.24. The molecule has 23 heavy (non-hydrogen) atoms. The second-order valence-corrected chi connectivity index (χ2v) is 6.45. The summed E-state index contributed by atoms with van der Waals surface area (Å²) in [4.78, 5) is 0. The van der Waals surface area contributed by atoms with Crippen molar-refractivity contribution >= 4 is 0 Å². The Morgan fingerprint density at radius 2 is 1.26 bits per heavy atom. The second-order valence-electron chi connectivity index (χ2n) is 6.45. The Hall–Kier alpha value is -1.76. The molecule has 1 nitrogen and oxygen atoms in total. The average Bonchev–Trinajstić information content (AvgIpc) is 2.51. The van der Waals surface area contributed by atoms with Crippen LogP contribution in [0.4, 0.5) is 0 Å². The Bertz CT molecular complexity index is 480. The van der Waals surface area contributed by atoms with Gasteiger partial charge in [-0.25, -0.2) is 0 Å². The monoisotopic (exact) mass is 309 g/mol. The van der Waals surface area contributed by atoms with Crippen molar-refractivity contribution in [3.05, 3.63) is 72.5 Å². The summed E-state index contributed by atoms with van der Waals surface area (Å²) in [7, 11) is 0. The summed E-state index contributed by atoms with van der Waals surface area (Å²) in [5, 5.41) is 3.60. The van der Waals surface area contributed by atoms with Crippen molar-refractivity contribution in [2.45, 2.75) is 51.4 Å². The molecule has 124 valence electrons. The Balaban J connectivity index is 1.81. The van der Waals surface area contributed by atoms with Gasteiger partial charge in [-0.05, 0) is 24.5 Å². The highest BCUT2D eigenvalue weighted by atomic mass is 14.9. The molecule has 0 aliphatic heterocycles. The molecule has 0 amide bonds. The van der Waals surface area contributed by atoms with Gasteiger partial charge in [0.2, 0.25) is 0 Å². The maximum absolute atomic E-state index is 3.60. The minimum Gasteiger partial charge on any atom is -0.385 e. The first-order chi connectivity index (χ1) is 11.4. The minimum absolute atomic E-state index is 0.919. The maximum Gasteiger partial charge on any atom is 0.0340 e. The predicted molar refractivity (Wildman–Crippen MR) is 102 cm³/mol. The molecule has 0 bridgehead atoms. The standard InChI is InChI=1S/C22H31N/c1-2-4-9-13-17-22(18-14-10-5-3-1)23-20-19-21-15-11-7-6-8-12-16-21/h1-5,9-10,13-14,17-18,21,23H,6-8,11-12,15-16,19-20H2/b2-1-,3-1?,4-2?,5-3-,9-4-,10-5?,13-9?,14-10-,17-13-,18-14?,22-17?,22-18+. The predicted octanol–water partition coefficient (Wildman–Crippen LogP) is 6.01. The van der Waals surface area contributed by atoms with Gasteiger partial charge in [-0.15, -0.1) is 0 Å². The number of nitrogens with one attached hydrogen (secondary N) is 1. The molecule has 0 heterocycles. The summed E-state index contributed by atoms with van der Waals surface area (Å²) in [6, 6.07) is 0. The van der Waals surface area contributed by atoms with Crippen molar-refractivity contribution in [2.75, 3.05) is 6.54 Å². The van der Waals surface area contributed by atoms with Crippen LogP contribution in [0.1, 0.15) is 51.4 Å². The molecule has 0 radical (unpaired) electrons. The minimum atomic E-state index is 0.919. The summed E-state index contributed by atoms with van der Waals surface area (Å²) in [6.07, 6.45) is 34.2. The summed E-state index contributed by atoms with van der Waals surface area (Å²) in [5.74, 6) is 0.919. The van der Waals surface area contributed by atoms with Gasteiger partial charge >= 0.3 is 0 Å². The Morgan fingerprint density at radius 3 is 1.96 bits per heavy atom. The number of rotatable bonds is 4. The van der Waals surface area contributed by atoms with Gasteiger partial charge in [0.15, 0.2) is 0 Å². The van der Waals surface area contributed by atoms with E-state index in [0.717, 1.165) is 12.5 Å². The van der Waals surface area contributed by atoms with Gasteiger partial charge in [-0.2, -0.15) is 0 Å². The van der Waals surface area contributed by atoms with Crippen molar-refractivity contribution < 1.29 is 0 Å². The van der Waals surface area contributed by atoms with Crippen molar-refractivity contribution in [3.63, 3.8) is 0 Å².